The van der Waals surface area contributed by atoms with Crippen LogP contribution in [0.2, 0.25) is 0 Å². The van der Waals surface area contributed by atoms with Crippen LogP contribution in [0.4, 0.5) is 4.79 Å². The molecule has 84 valence electrons. The molecule has 3 rings (SSSR count). The Balaban J connectivity index is 1.46. The zero-order valence-corrected chi connectivity index (χ0v) is 9.04. The van der Waals surface area contributed by atoms with Crippen molar-refractivity contribution in [1.29, 1.82) is 0 Å². The Kier molecular flexibility index (Phi) is 1.96. The third-order valence-electron chi connectivity index (χ3n) is 4.08. The number of nitrogens with one attached hydrogen (secondary N) is 1. The first-order valence-corrected chi connectivity index (χ1v) is 6.02. The largest absolute Gasteiger partial charge is 0.335 e. The number of carbonyl (C=O) groups is 1. The van der Waals surface area contributed by atoms with Crippen LogP contribution in [0.5, 0.6) is 0 Å². The predicted octanol–water partition coefficient (Wildman–Crippen LogP) is 0.672. The van der Waals surface area contributed by atoms with Crippen molar-refractivity contribution in [3.05, 3.63) is 0 Å². The lowest BCUT2D eigenvalue weighted by molar-refractivity contribution is 0.0780. The summed E-state index contributed by atoms with van der Waals surface area (Å²) in [6, 6.07) is 0.535. The maximum atomic E-state index is 11.7. The highest BCUT2D eigenvalue weighted by Crippen LogP contribution is 2.42. The standard InChI is InChI=1S/C11H19N3O/c12-11(8-4-5-8)6-14(7-11)10(15)13-9-2-1-3-9/h8-9H,1-7,12H2,(H,13,15). The van der Waals surface area contributed by atoms with E-state index in [0.29, 0.717) is 12.0 Å². The molecule has 2 amide bonds. The zero-order valence-electron chi connectivity index (χ0n) is 9.04. The molecule has 1 saturated heterocycles. The van der Waals surface area contributed by atoms with Crippen LogP contribution in [-0.2, 0) is 0 Å². The smallest absolute Gasteiger partial charge is 0.317 e. The van der Waals surface area contributed by atoms with Crippen LogP contribution < -0.4 is 11.1 Å². The number of rotatable bonds is 2. The molecule has 1 aliphatic heterocycles. The number of urea groups is 1. The molecule has 15 heavy (non-hydrogen) atoms. The third-order valence-corrected chi connectivity index (χ3v) is 4.08. The van der Waals surface area contributed by atoms with Crippen LogP contribution >= 0.6 is 0 Å². The Labute approximate surface area is 90.2 Å². The van der Waals surface area contributed by atoms with Crippen LogP contribution in [0.3, 0.4) is 0 Å². The Bertz CT molecular complexity index is 278. The molecular weight excluding hydrogens is 190 g/mol. The highest BCUT2D eigenvalue weighted by Gasteiger charge is 2.51. The summed E-state index contributed by atoms with van der Waals surface area (Å²) in [7, 11) is 0. The summed E-state index contributed by atoms with van der Waals surface area (Å²) in [6.45, 7) is 1.52. The Morgan fingerprint density at radius 1 is 1.27 bits per heavy atom. The highest BCUT2D eigenvalue weighted by atomic mass is 16.2. The second-order valence-corrected chi connectivity index (χ2v) is 5.44. The Hall–Kier alpha value is -0.770. The van der Waals surface area contributed by atoms with E-state index in [9.17, 15) is 4.79 Å². The number of nitrogens with two attached hydrogens (primary N) is 1. The van der Waals surface area contributed by atoms with E-state index in [0.717, 1.165) is 25.9 Å². The van der Waals surface area contributed by atoms with Gasteiger partial charge in [-0.2, -0.15) is 0 Å². The summed E-state index contributed by atoms with van der Waals surface area (Å²) >= 11 is 0. The van der Waals surface area contributed by atoms with Gasteiger partial charge in [0.2, 0.25) is 0 Å². The molecule has 3 aliphatic rings. The summed E-state index contributed by atoms with van der Waals surface area (Å²) in [6.07, 6.45) is 6.07. The van der Waals surface area contributed by atoms with Gasteiger partial charge in [-0.25, -0.2) is 4.79 Å². The average Bonchev–Trinajstić information content (AvgIpc) is 2.88. The quantitative estimate of drug-likeness (QED) is 0.702. The molecule has 0 aromatic rings. The second kappa shape index (κ2) is 3.11. The van der Waals surface area contributed by atoms with Crippen LogP contribution in [0.25, 0.3) is 0 Å². The topological polar surface area (TPSA) is 58.4 Å². The van der Waals surface area contributed by atoms with E-state index in [4.69, 9.17) is 5.73 Å². The summed E-state index contributed by atoms with van der Waals surface area (Å²) in [5, 5.41) is 3.05. The Morgan fingerprint density at radius 3 is 2.40 bits per heavy atom. The van der Waals surface area contributed by atoms with Gasteiger partial charge < -0.3 is 16.0 Å². The molecule has 0 atom stereocenters. The van der Waals surface area contributed by atoms with Crippen molar-refractivity contribution < 1.29 is 4.79 Å². The van der Waals surface area contributed by atoms with Gasteiger partial charge in [-0.1, -0.05) is 0 Å². The van der Waals surface area contributed by atoms with E-state index in [-0.39, 0.29) is 11.6 Å². The number of nitrogens with zero attached hydrogens (tertiary/aromatic N) is 1. The maximum Gasteiger partial charge on any atom is 0.317 e. The van der Waals surface area contributed by atoms with Crippen molar-refractivity contribution in [3.8, 4) is 0 Å². The van der Waals surface area contributed by atoms with Crippen molar-refractivity contribution in [2.45, 2.75) is 43.7 Å². The second-order valence-electron chi connectivity index (χ2n) is 5.44. The lowest BCUT2D eigenvalue weighted by Gasteiger charge is -2.48. The number of carbonyl (C=O) groups excluding carboxylic acids is 1. The van der Waals surface area contributed by atoms with E-state index >= 15 is 0 Å². The summed E-state index contributed by atoms with van der Waals surface area (Å²) in [5.74, 6) is 0.685. The fourth-order valence-corrected chi connectivity index (χ4v) is 2.54. The van der Waals surface area contributed by atoms with Gasteiger partial charge in [0.25, 0.3) is 0 Å². The molecule has 2 aliphatic carbocycles. The first-order valence-electron chi connectivity index (χ1n) is 6.02. The minimum Gasteiger partial charge on any atom is -0.335 e. The molecule has 0 unspecified atom stereocenters. The first-order chi connectivity index (χ1) is 7.17. The lowest BCUT2D eigenvalue weighted by atomic mass is 9.86. The lowest BCUT2D eigenvalue weighted by Crippen LogP contribution is -2.71. The van der Waals surface area contributed by atoms with Gasteiger partial charge in [-0.3, -0.25) is 0 Å². The van der Waals surface area contributed by atoms with E-state index in [1.807, 2.05) is 4.90 Å². The third kappa shape index (κ3) is 1.61. The number of amides is 2. The summed E-state index contributed by atoms with van der Waals surface area (Å²) in [4.78, 5) is 13.6. The molecular formula is C11H19N3O. The van der Waals surface area contributed by atoms with Gasteiger partial charge in [0.05, 0.1) is 5.54 Å². The van der Waals surface area contributed by atoms with Crippen molar-refractivity contribution in [1.82, 2.24) is 10.2 Å². The van der Waals surface area contributed by atoms with Crippen molar-refractivity contribution in [2.75, 3.05) is 13.1 Å². The monoisotopic (exact) mass is 209 g/mol. The van der Waals surface area contributed by atoms with Gasteiger partial charge >= 0.3 is 6.03 Å². The molecule has 0 spiro atoms. The normalized spacial score (nSPS) is 29.3. The molecule has 0 radical (unpaired) electrons. The van der Waals surface area contributed by atoms with Crippen molar-refractivity contribution in [3.63, 3.8) is 0 Å². The van der Waals surface area contributed by atoms with Gasteiger partial charge in [-0.15, -0.1) is 0 Å². The summed E-state index contributed by atoms with van der Waals surface area (Å²) < 4.78 is 0. The van der Waals surface area contributed by atoms with E-state index in [1.165, 1.54) is 19.3 Å². The molecule has 3 fully saturated rings. The van der Waals surface area contributed by atoms with Crippen molar-refractivity contribution in [2.24, 2.45) is 11.7 Å². The number of hydrogen-bond donors (Lipinski definition) is 2. The molecule has 4 heteroatoms. The average molecular weight is 209 g/mol. The van der Waals surface area contributed by atoms with E-state index < -0.39 is 0 Å². The van der Waals surface area contributed by atoms with Crippen molar-refractivity contribution >= 4 is 6.03 Å². The minimum absolute atomic E-state index is 0.0447. The predicted molar refractivity (Wildman–Crippen MR) is 57.4 cm³/mol. The van der Waals surface area contributed by atoms with Gasteiger partial charge in [0, 0.05) is 19.1 Å². The van der Waals surface area contributed by atoms with Gasteiger partial charge in [-0.05, 0) is 38.0 Å². The Morgan fingerprint density at radius 2 is 1.93 bits per heavy atom. The SMILES string of the molecule is NC1(C2CC2)CN(C(=O)NC2CCC2)C1. The molecule has 2 saturated carbocycles. The highest BCUT2D eigenvalue weighted by molar-refractivity contribution is 5.76. The maximum absolute atomic E-state index is 11.7. The number of likely N-dealkylation sites (tertiary alicyclic amines) is 1. The van der Waals surface area contributed by atoms with E-state index in [2.05, 4.69) is 5.32 Å². The minimum atomic E-state index is -0.0447. The van der Waals surface area contributed by atoms with Crippen LogP contribution in [0.1, 0.15) is 32.1 Å². The van der Waals surface area contributed by atoms with Gasteiger partial charge in [0.15, 0.2) is 0 Å². The molecule has 4 nitrogen and oxygen atoms in total. The fraction of sp³-hybridized carbons (Fsp3) is 0.909. The van der Waals surface area contributed by atoms with E-state index in [1.54, 1.807) is 0 Å². The molecule has 1 heterocycles. The van der Waals surface area contributed by atoms with Crippen LogP contribution in [0.15, 0.2) is 0 Å². The molecule has 0 bridgehead atoms. The molecule has 3 N–H and O–H groups in total. The summed E-state index contributed by atoms with van der Waals surface area (Å²) in [5.41, 5.74) is 6.15. The van der Waals surface area contributed by atoms with Crippen LogP contribution in [0, 0.1) is 5.92 Å². The van der Waals surface area contributed by atoms with Gasteiger partial charge in [0.1, 0.15) is 0 Å². The first kappa shape index (κ1) is 9.46. The number of hydrogen-bond acceptors (Lipinski definition) is 2. The molecule has 0 aromatic carbocycles. The molecule has 0 aromatic heterocycles. The zero-order chi connectivity index (χ0) is 10.5. The van der Waals surface area contributed by atoms with Crippen LogP contribution in [-0.4, -0.2) is 35.6 Å². The fourth-order valence-electron chi connectivity index (χ4n) is 2.54.